The fourth-order valence-corrected chi connectivity index (χ4v) is 6.17. The summed E-state index contributed by atoms with van der Waals surface area (Å²) in [6.45, 7) is 2.28. The van der Waals surface area contributed by atoms with Gasteiger partial charge in [-0.15, -0.1) is 0 Å². The molecule has 0 spiro atoms. The summed E-state index contributed by atoms with van der Waals surface area (Å²) >= 11 is 12.4. The van der Waals surface area contributed by atoms with Gasteiger partial charge in [0.15, 0.2) is 6.61 Å². The average Bonchev–Trinajstić information content (AvgIpc) is 3.10. The molecule has 2 aromatic carbocycles. The number of hydrogen-bond acceptors (Lipinski definition) is 6. The maximum Gasteiger partial charge on any atom is 0.340 e. The highest BCUT2D eigenvalue weighted by molar-refractivity contribution is 7.92. The van der Waals surface area contributed by atoms with Crippen LogP contribution in [0.15, 0.2) is 52.2 Å². The van der Waals surface area contributed by atoms with Gasteiger partial charge in [0.1, 0.15) is 10.6 Å². The number of anilines is 1. The Hall–Kier alpha value is -3.28. The summed E-state index contributed by atoms with van der Waals surface area (Å²) in [5.74, 6) is -1.32. The fourth-order valence-electron chi connectivity index (χ4n) is 4.21. The minimum absolute atomic E-state index is 0.147. The normalized spacial score (nSPS) is 13.8. The number of amides is 1. The standard InChI is InChI=1S/C25H26Cl2N4O6S/c1-16-23(24(33)31(29(16)2)17-9-5-3-6-10-17)28-38(35,36)21-13-18(19(26)14-20(21)27)25(34)37-15-22(32)30-11-7-4-8-12-30/h3,5-6,9-10,13-14,28H,4,7-8,11-12,15H2,1-2H3. The molecule has 0 radical (unpaired) electrons. The molecule has 0 aliphatic carbocycles. The van der Waals surface area contributed by atoms with Crippen molar-refractivity contribution < 1.29 is 22.7 Å². The predicted molar refractivity (Wildman–Crippen MR) is 144 cm³/mol. The molecule has 1 aromatic heterocycles. The molecule has 1 amide bonds. The monoisotopic (exact) mass is 580 g/mol. The van der Waals surface area contributed by atoms with Gasteiger partial charge in [-0.2, -0.15) is 0 Å². The lowest BCUT2D eigenvalue weighted by Gasteiger charge is -2.26. The number of halogens is 2. The van der Waals surface area contributed by atoms with E-state index in [1.54, 1.807) is 49.2 Å². The number of aromatic nitrogens is 2. The summed E-state index contributed by atoms with van der Waals surface area (Å²) in [4.78, 5) is 39.4. The van der Waals surface area contributed by atoms with Crippen LogP contribution in [-0.4, -0.2) is 54.3 Å². The third-order valence-electron chi connectivity index (χ3n) is 6.36. The number of nitrogens with zero attached hydrogens (tertiary/aromatic N) is 3. The van der Waals surface area contributed by atoms with Gasteiger partial charge >= 0.3 is 5.97 Å². The first-order valence-electron chi connectivity index (χ1n) is 11.8. The number of esters is 1. The Bertz CT molecular complexity index is 1540. The number of piperidine rings is 1. The predicted octanol–water partition coefficient (Wildman–Crippen LogP) is 3.76. The maximum absolute atomic E-state index is 13.3. The molecule has 0 saturated carbocycles. The lowest BCUT2D eigenvalue weighted by Crippen LogP contribution is -2.38. The van der Waals surface area contributed by atoms with Crippen molar-refractivity contribution in [1.82, 2.24) is 14.3 Å². The first-order valence-corrected chi connectivity index (χ1v) is 14.1. The van der Waals surface area contributed by atoms with Crippen LogP contribution >= 0.6 is 23.2 Å². The minimum Gasteiger partial charge on any atom is -0.452 e. The quantitative estimate of drug-likeness (QED) is 0.425. The lowest BCUT2D eigenvalue weighted by molar-refractivity contribution is -0.135. The molecule has 0 atom stereocenters. The van der Waals surface area contributed by atoms with E-state index in [1.807, 2.05) is 0 Å². The number of para-hydroxylation sites is 1. The van der Waals surface area contributed by atoms with Crippen molar-refractivity contribution >= 4 is 50.8 Å². The van der Waals surface area contributed by atoms with E-state index < -0.39 is 33.1 Å². The smallest absolute Gasteiger partial charge is 0.340 e. The van der Waals surface area contributed by atoms with Crippen LogP contribution in [0, 0.1) is 6.92 Å². The summed E-state index contributed by atoms with van der Waals surface area (Å²) in [6, 6.07) is 10.8. The maximum atomic E-state index is 13.3. The van der Waals surface area contributed by atoms with E-state index in [0.717, 1.165) is 31.4 Å². The largest absolute Gasteiger partial charge is 0.452 e. The molecule has 0 unspecified atom stereocenters. The molecule has 2 heterocycles. The van der Waals surface area contributed by atoms with Crippen LogP contribution in [0.1, 0.15) is 35.3 Å². The van der Waals surface area contributed by atoms with Crippen molar-refractivity contribution in [3.63, 3.8) is 0 Å². The molecule has 0 bridgehead atoms. The number of ether oxygens (including phenoxy) is 1. The number of carbonyl (C=O) groups excluding carboxylic acids is 2. The van der Waals surface area contributed by atoms with Crippen molar-refractivity contribution in [1.29, 1.82) is 0 Å². The third-order valence-corrected chi connectivity index (χ3v) is 8.48. The number of hydrogen-bond donors (Lipinski definition) is 1. The van der Waals surface area contributed by atoms with Crippen LogP contribution < -0.4 is 10.3 Å². The lowest BCUT2D eigenvalue weighted by atomic mass is 10.1. The Labute approximate surface area is 229 Å². The molecular weight excluding hydrogens is 555 g/mol. The summed E-state index contributed by atoms with van der Waals surface area (Å²) in [6.07, 6.45) is 2.81. The van der Waals surface area contributed by atoms with Crippen molar-refractivity contribution in [2.24, 2.45) is 7.05 Å². The highest BCUT2D eigenvalue weighted by Gasteiger charge is 2.27. The Morgan fingerprint density at radius 1 is 1.03 bits per heavy atom. The van der Waals surface area contributed by atoms with Gasteiger partial charge in [0.25, 0.3) is 21.5 Å². The van der Waals surface area contributed by atoms with Gasteiger partial charge in [-0.25, -0.2) is 17.9 Å². The van der Waals surface area contributed by atoms with E-state index in [4.69, 9.17) is 27.9 Å². The Morgan fingerprint density at radius 3 is 2.34 bits per heavy atom. The van der Waals surface area contributed by atoms with Crippen LogP contribution in [0.25, 0.3) is 5.69 Å². The Morgan fingerprint density at radius 2 is 1.68 bits per heavy atom. The number of likely N-dealkylation sites (tertiary alicyclic amines) is 1. The molecule has 1 fully saturated rings. The first kappa shape index (κ1) is 27.7. The van der Waals surface area contributed by atoms with E-state index in [1.165, 1.54) is 9.36 Å². The fraction of sp³-hybridized carbons (Fsp3) is 0.320. The van der Waals surface area contributed by atoms with Gasteiger partial charge in [-0.05, 0) is 50.5 Å². The zero-order valence-electron chi connectivity index (χ0n) is 20.7. The van der Waals surface area contributed by atoms with E-state index in [9.17, 15) is 22.8 Å². The van der Waals surface area contributed by atoms with Crippen LogP contribution in [0.4, 0.5) is 5.69 Å². The zero-order valence-corrected chi connectivity index (χ0v) is 23.1. The summed E-state index contributed by atoms with van der Waals surface area (Å²) < 4.78 is 36.9. The Balaban J connectivity index is 1.60. The summed E-state index contributed by atoms with van der Waals surface area (Å²) in [5.41, 5.74) is -0.167. The molecule has 13 heteroatoms. The zero-order chi connectivity index (χ0) is 27.6. The molecule has 1 N–H and O–H groups in total. The van der Waals surface area contributed by atoms with E-state index >= 15 is 0 Å². The van der Waals surface area contributed by atoms with Crippen LogP contribution in [0.2, 0.25) is 10.0 Å². The van der Waals surface area contributed by atoms with Crippen LogP contribution in [0.5, 0.6) is 0 Å². The topological polar surface area (TPSA) is 120 Å². The minimum atomic E-state index is -4.45. The Kier molecular flexibility index (Phi) is 8.19. The molecule has 1 aliphatic heterocycles. The van der Waals surface area contributed by atoms with E-state index in [0.29, 0.717) is 24.5 Å². The van der Waals surface area contributed by atoms with Gasteiger partial charge in [0, 0.05) is 20.1 Å². The second kappa shape index (κ2) is 11.2. The van der Waals surface area contributed by atoms with E-state index in [2.05, 4.69) is 4.72 Å². The second-order valence-electron chi connectivity index (χ2n) is 8.82. The van der Waals surface area contributed by atoms with Gasteiger partial charge in [0.2, 0.25) is 0 Å². The van der Waals surface area contributed by atoms with Gasteiger partial charge < -0.3 is 9.64 Å². The first-order chi connectivity index (χ1) is 18.0. The molecule has 1 aliphatic rings. The molecule has 202 valence electrons. The third kappa shape index (κ3) is 5.59. The summed E-state index contributed by atoms with van der Waals surface area (Å²) in [5, 5.41) is -0.410. The number of rotatable bonds is 7. The highest BCUT2D eigenvalue weighted by atomic mass is 35.5. The SMILES string of the molecule is Cc1c(NS(=O)(=O)c2cc(C(=O)OCC(=O)N3CCCCC3)c(Cl)cc2Cl)c(=O)n(-c2ccccc2)n1C. The highest BCUT2D eigenvalue weighted by Crippen LogP contribution is 2.31. The van der Waals surface area contributed by atoms with E-state index in [-0.39, 0.29) is 27.2 Å². The van der Waals surface area contributed by atoms with Crippen molar-refractivity contribution in [3.8, 4) is 5.69 Å². The van der Waals surface area contributed by atoms with Gasteiger partial charge in [0.05, 0.1) is 27.0 Å². The number of carbonyl (C=O) groups is 2. The van der Waals surface area contributed by atoms with Crippen LogP contribution in [-0.2, 0) is 26.6 Å². The number of nitrogens with one attached hydrogen (secondary N) is 1. The van der Waals surface area contributed by atoms with Crippen LogP contribution in [0.3, 0.4) is 0 Å². The molecular formula is C25H26Cl2N4O6S. The van der Waals surface area contributed by atoms with Gasteiger partial charge in [-0.3, -0.25) is 19.0 Å². The molecule has 1 saturated heterocycles. The molecule has 4 rings (SSSR count). The number of benzene rings is 2. The molecule has 3 aromatic rings. The van der Waals surface area contributed by atoms with Crippen molar-refractivity contribution in [2.45, 2.75) is 31.1 Å². The second-order valence-corrected chi connectivity index (χ2v) is 11.3. The molecule has 38 heavy (non-hydrogen) atoms. The average molecular weight is 581 g/mol. The number of sulfonamides is 1. The summed E-state index contributed by atoms with van der Waals surface area (Å²) in [7, 11) is -2.82. The molecule has 10 nitrogen and oxygen atoms in total. The van der Waals surface area contributed by atoms with Crippen molar-refractivity contribution in [3.05, 3.63) is 74.1 Å². The van der Waals surface area contributed by atoms with Gasteiger partial charge in [-0.1, -0.05) is 41.4 Å². The van der Waals surface area contributed by atoms with Crippen molar-refractivity contribution in [2.75, 3.05) is 24.4 Å².